The lowest BCUT2D eigenvalue weighted by atomic mass is 10.2. The van der Waals surface area contributed by atoms with Gasteiger partial charge in [0.1, 0.15) is 35.1 Å². The Bertz CT molecular complexity index is 1020. The van der Waals surface area contributed by atoms with Crippen LogP contribution in [0.1, 0.15) is 38.1 Å². The van der Waals surface area contributed by atoms with Crippen molar-refractivity contribution >= 4 is 27.7 Å². The van der Waals surface area contributed by atoms with Crippen molar-refractivity contribution in [1.82, 2.24) is 20.6 Å². The fourth-order valence-corrected chi connectivity index (χ4v) is 2.79. The van der Waals surface area contributed by atoms with Crippen LogP contribution in [0.5, 0.6) is 0 Å². The van der Waals surface area contributed by atoms with Crippen molar-refractivity contribution in [2.24, 2.45) is 0 Å². The lowest BCUT2D eigenvalue weighted by Gasteiger charge is -2.07. The number of furan rings is 1. The maximum absolute atomic E-state index is 13.3. The van der Waals surface area contributed by atoms with E-state index in [9.17, 15) is 14.0 Å². The summed E-state index contributed by atoms with van der Waals surface area (Å²) in [4.78, 5) is 32.3. The Balaban J connectivity index is 1.60. The second kappa shape index (κ2) is 8.75. The van der Waals surface area contributed by atoms with Crippen molar-refractivity contribution in [3.63, 3.8) is 0 Å². The Morgan fingerprint density at radius 3 is 2.32 bits per heavy atom. The zero-order chi connectivity index (χ0) is 20.1. The van der Waals surface area contributed by atoms with E-state index < -0.39 is 11.8 Å². The molecule has 0 atom stereocenters. The number of nitrogens with one attached hydrogen (secondary N) is 2. The predicted molar refractivity (Wildman–Crippen MR) is 102 cm³/mol. The number of hydrogen-bond acceptors (Lipinski definition) is 5. The summed E-state index contributed by atoms with van der Waals surface area (Å²) in [6.45, 7) is 2.20. The number of hydrogen-bond donors (Lipinski definition) is 2. The lowest BCUT2D eigenvalue weighted by Crippen LogP contribution is -2.27. The molecular weight excluding hydrogens is 431 g/mol. The van der Waals surface area contributed by atoms with E-state index in [1.165, 1.54) is 12.1 Å². The predicted octanol–water partition coefficient (Wildman–Crippen LogP) is 3.14. The molecule has 3 rings (SSSR count). The number of benzene rings is 1. The molecule has 0 aliphatic heterocycles. The van der Waals surface area contributed by atoms with Crippen LogP contribution in [0.3, 0.4) is 0 Å². The third-order valence-corrected chi connectivity index (χ3v) is 4.40. The van der Waals surface area contributed by atoms with Gasteiger partial charge < -0.3 is 15.1 Å². The Kier molecular flexibility index (Phi) is 6.15. The topological polar surface area (TPSA) is 97.1 Å². The van der Waals surface area contributed by atoms with Gasteiger partial charge >= 0.3 is 0 Å². The van der Waals surface area contributed by atoms with Gasteiger partial charge in [-0.2, -0.15) is 0 Å². The zero-order valence-electron chi connectivity index (χ0n) is 14.8. The van der Waals surface area contributed by atoms with Gasteiger partial charge in [0, 0.05) is 12.6 Å². The second-order valence-electron chi connectivity index (χ2n) is 5.91. The molecule has 2 N–H and O–H groups in total. The minimum Gasteiger partial charge on any atom is -0.465 e. The fraction of sp³-hybridized carbons (Fsp3) is 0.158. The number of aryl methyl sites for hydroxylation is 1. The van der Waals surface area contributed by atoms with Gasteiger partial charge in [0.2, 0.25) is 0 Å². The maximum atomic E-state index is 13.3. The zero-order valence-corrected chi connectivity index (χ0v) is 16.4. The molecule has 0 saturated heterocycles. The summed E-state index contributed by atoms with van der Waals surface area (Å²) in [5, 5.41) is 5.34. The van der Waals surface area contributed by atoms with E-state index in [0.717, 1.165) is 12.1 Å². The summed E-state index contributed by atoms with van der Waals surface area (Å²) in [5.74, 6) is 0.0551. The molecule has 0 unspecified atom stereocenters. The quantitative estimate of drug-likeness (QED) is 0.605. The van der Waals surface area contributed by atoms with Gasteiger partial charge in [-0.05, 0) is 52.7 Å². The summed E-state index contributed by atoms with van der Waals surface area (Å²) < 4.78 is 19.0. The lowest BCUT2D eigenvalue weighted by molar-refractivity contribution is 0.0942. The first-order valence-electron chi connectivity index (χ1n) is 8.30. The van der Waals surface area contributed by atoms with Crippen molar-refractivity contribution in [2.45, 2.75) is 20.0 Å². The number of carbonyl (C=O) groups excluding carboxylic acids is 2. The minimum absolute atomic E-state index is 0.0511. The molecule has 7 nitrogen and oxygen atoms in total. The number of halogens is 2. The van der Waals surface area contributed by atoms with E-state index in [1.807, 2.05) is 6.92 Å². The van der Waals surface area contributed by atoms with Gasteiger partial charge in [-0.3, -0.25) is 9.59 Å². The Labute approximate surface area is 168 Å². The minimum atomic E-state index is -0.474. The van der Waals surface area contributed by atoms with Crippen LogP contribution in [0.15, 0.2) is 51.6 Å². The largest absolute Gasteiger partial charge is 0.465 e. The highest BCUT2D eigenvalue weighted by molar-refractivity contribution is 9.10. The van der Waals surface area contributed by atoms with Crippen molar-refractivity contribution in [1.29, 1.82) is 0 Å². The highest BCUT2D eigenvalue weighted by Crippen LogP contribution is 2.16. The van der Waals surface area contributed by atoms with Crippen LogP contribution in [0.2, 0.25) is 0 Å². The van der Waals surface area contributed by atoms with E-state index in [1.54, 1.807) is 24.3 Å². The Hall–Kier alpha value is -3.07. The first kappa shape index (κ1) is 19.7. The summed E-state index contributed by atoms with van der Waals surface area (Å²) in [7, 11) is 0. The third kappa shape index (κ3) is 5.01. The third-order valence-electron chi connectivity index (χ3n) is 3.79. The Morgan fingerprint density at radius 2 is 1.71 bits per heavy atom. The molecule has 2 aromatic heterocycles. The molecule has 0 bridgehead atoms. The van der Waals surface area contributed by atoms with Crippen LogP contribution in [0.4, 0.5) is 4.39 Å². The molecule has 0 saturated carbocycles. The fourth-order valence-electron chi connectivity index (χ4n) is 2.37. The average molecular weight is 447 g/mol. The van der Waals surface area contributed by atoms with Crippen molar-refractivity contribution in [3.05, 3.63) is 81.5 Å². The average Bonchev–Trinajstić information content (AvgIpc) is 3.12. The van der Waals surface area contributed by atoms with Crippen LogP contribution in [-0.4, -0.2) is 21.8 Å². The van der Waals surface area contributed by atoms with Gasteiger partial charge in [0.05, 0.1) is 11.0 Å². The second-order valence-corrected chi connectivity index (χ2v) is 6.77. The number of aromatic nitrogens is 2. The van der Waals surface area contributed by atoms with Crippen molar-refractivity contribution in [2.75, 3.05) is 0 Å². The van der Waals surface area contributed by atoms with Gasteiger partial charge in [0.15, 0.2) is 0 Å². The maximum Gasteiger partial charge on any atom is 0.270 e. The van der Waals surface area contributed by atoms with Crippen LogP contribution >= 0.6 is 15.9 Å². The molecule has 2 heterocycles. The summed E-state index contributed by atoms with van der Waals surface area (Å²) in [5.41, 5.74) is 0.825. The molecule has 9 heteroatoms. The summed E-state index contributed by atoms with van der Waals surface area (Å²) in [6, 6.07) is 9.31. The number of amides is 2. The molecule has 1 aromatic carbocycles. The summed E-state index contributed by atoms with van der Waals surface area (Å²) >= 11 is 3.10. The van der Waals surface area contributed by atoms with Crippen LogP contribution < -0.4 is 10.6 Å². The van der Waals surface area contributed by atoms with E-state index in [2.05, 4.69) is 36.5 Å². The first-order chi connectivity index (χ1) is 13.4. The first-order valence-corrected chi connectivity index (χ1v) is 9.09. The van der Waals surface area contributed by atoms with Crippen LogP contribution in [0.25, 0.3) is 0 Å². The number of rotatable bonds is 6. The molecular formula is C19H16BrFN4O3. The monoisotopic (exact) mass is 446 g/mol. The highest BCUT2D eigenvalue weighted by Gasteiger charge is 2.14. The smallest absolute Gasteiger partial charge is 0.270 e. The normalized spacial score (nSPS) is 10.5. The van der Waals surface area contributed by atoms with Gasteiger partial charge in [0.25, 0.3) is 11.8 Å². The molecule has 0 aliphatic rings. The van der Waals surface area contributed by atoms with Gasteiger partial charge in [-0.15, -0.1) is 0 Å². The molecule has 3 aromatic rings. The number of nitrogens with zero attached hydrogens (tertiary/aromatic N) is 2. The molecule has 0 spiro atoms. The van der Waals surface area contributed by atoms with Crippen molar-refractivity contribution in [3.8, 4) is 0 Å². The van der Waals surface area contributed by atoms with E-state index >= 15 is 0 Å². The number of carbonyl (C=O) groups is 2. The van der Waals surface area contributed by atoms with Crippen LogP contribution in [-0.2, 0) is 13.1 Å². The molecule has 0 aliphatic carbocycles. The highest BCUT2D eigenvalue weighted by atomic mass is 79.9. The summed E-state index contributed by atoms with van der Waals surface area (Å²) in [6.07, 6.45) is 1.15. The molecule has 0 fully saturated rings. The standard InChI is InChI=1S/C19H16BrFN4O3/c1-11-2-4-13(28-11)9-23-19(27)17-7-16(24-10-25-17)18(26)22-8-12-3-5-15(21)14(20)6-12/h2-7,10H,8-9H2,1H3,(H,22,26)(H,23,27). The van der Waals surface area contributed by atoms with Gasteiger partial charge in [-0.1, -0.05) is 6.07 Å². The van der Waals surface area contributed by atoms with E-state index in [-0.39, 0.29) is 30.3 Å². The molecule has 144 valence electrons. The molecule has 28 heavy (non-hydrogen) atoms. The Morgan fingerprint density at radius 1 is 1.04 bits per heavy atom. The van der Waals surface area contributed by atoms with Crippen LogP contribution in [0, 0.1) is 12.7 Å². The van der Waals surface area contributed by atoms with Crippen molar-refractivity contribution < 1.29 is 18.4 Å². The molecule has 2 amide bonds. The van der Waals surface area contributed by atoms with E-state index in [0.29, 0.717) is 15.8 Å². The molecule has 0 radical (unpaired) electrons. The SMILES string of the molecule is Cc1ccc(CNC(=O)c2cc(C(=O)NCc3ccc(F)c(Br)c3)ncn2)o1. The van der Waals surface area contributed by atoms with E-state index in [4.69, 9.17) is 4.42 Å². The van der Waals surface area contributed by atoms with Gasteiger partial charge in [-0.25, -0.2) is 14.4 Å².